The second kappa shape index (κ2) is 6.94. The molecule has 1 N–H and O–H groups in total. The first kappa shape index (κ1) is 16.2. The summed E-state index contributed by atoms with van der Waals surface area (Å²) in [7, 11) is 0. The van der Waals surface area contributed by atoms with Crippen LogP contribution in [0.5, 0.6) is 0 Å². The molecule has 0 amide bonds. The van der Waals surface area contributed by atoms with E-state index in [0.717, 1.165) is 19.4 Å². The fourth-order valence-electron chi connectivity index (χ4n) is 3.34. The van der Waals surface area contributed by atoms with Gasteiger partial charge in [0.15, 0.2) is 5.58 Å². The summed E-state index contributed by atoms with van der Waals surface area (Å²) in [5, 5.41) is 9.90. The molecule has 1 aliphatic carbocycles. The van der Waals surface area contributed by atoms with E-state index < -0.39 is 0 Å². The van der Waals surface area contributed by atoms with Gasteiger partial charge in [-0.15, -0.1) is 0 Å². The first-order valence-corrected chi connectivity index (χ1v) is 8.67. The third-order valence-corrected chi connectivity index (χ3v) is 4.78. The van der Waals surface area contributed by atoms with Gasteiger partial charge in [-0.05, 0) is 36.5 Å². The number of oxazole rings is 1. The van der Waals surface area contributed by atoms with Gasteiger partial charge in [-0.2, -0.15) is 0 Å². The molecule has 130 valence electrons. The zero-order chi connectivity index (χ0) is 17.2. The molecule has 1 aromatic heterocycles. The summed E-state index contributed by atoms with van der Waals surface area (Å²) in [6.07, 6.45) is 2.30. The minimum absolute atomic E-state index is 0.0898. The van der Waals surface area contributed by atoms with Crippen LogP contribution in [0, 0.1) is 11.7 Å². The Kier molecular flexibility index (Phi) is 4.51. The number of aliphatic hydroxyl groups excluding tert-OH is 1. The first-order valence-electron chi connectivity index (χ1n) is 8.67. The van der Waals surface area contributed by atoms with Gasteiger partial charge in [-0.3, -0.25) is 4.90 Å². The van der Waals surface area contributed by atoms with Crippen molar-refractivity contribution in [1.29, 1.82) is 0 Å². The quantitative estimate of drug-likeness (QED) is 0.712. The molecule has 0 saturated heterocycles. The monoisotopic (exact) mass is 340 g/mol. The maximum Gasteiger partial charge on any atom is 0.209 e. The molecule has 1 unspecified atom stereocenters. The van der Waals surface area contributed by atoms with Gasteiger partial charge in [-0.25, -0.2) is 9.37 Å². The predicted octanol–water partition coefficient (Wildman–Crippen LogP) is 3.74. The maximum absolute atomic E-state index is 13.4. The molecule has 4 nitrogen and oxygen atoms in total. The Bertz CT molecular complexity index is 845. The minimum atomic E-state index is -0.320. The summed E-state index contributed by atoms with van der Waals surface area (Å²) in [4.78, 5) is 6.64. The maximum atomic E-state index is 13.4. The second-order valence-electron chi connectivity index (χ2n) is 6.70. The minimum Gasteiger partial charge on any atom is -0.439 e. The highest BCUT2D eigenvalue weighted by Crippen LogP contribution is 2.36. The fraction of sp³-hybridized carbons (Fsp3) is 0.350. The molecule has 0 spiro atoms. The molecule has 1 atom stereocenters. The lowest BCUT2D eigenvalue weighted by atomic mass is 10.1. The van der Waals surface area contributed by atoms with Gasteiger partial charge >= 0.3 is 0 Å². The molecule has 1 saturated carbocycles. The van der Waals surface area contributed by atoms with Gasteiger partial charge < -0.3 is 9.52 Å². The van der Waals surface area contributed by atoms with Crippen LogP contribution < -0.4 is 0 Å². The zero-order valence-electron chi connectivity index (χ0n) is 13.9. The number of benzene rings is 2. The molecule has 3 aromatic rings. The summed E-state index contributed by atoms with van der Waals surface area (Å²) in [5.74, 6) is 0.755. The fourth-order valence-corrected chi connectivity index (χ4v) is 3.34. The predicted molar refractivity (Wildman–Crippen MR) is 93.3 cm³/mol. The summed E-state index contributed by atoms with van der Waals surface area (Å²) < 4.78 is 19.2. The van der Waals surface area contributed by atoms with Crippen molar-refractivity contribution in [2.24, 2.45) is 5.92 Å². The van der Waals surface area contributed by atoms with Crippen molar-refractivity contribution < 1.29 is 13.9 Å². The van der Waals surface area contributed by atoms with E-state index in [4.69, 9.17) is 4.42 Å². The number of hydrogen-bond acceptors (Lipinski definition) is 4. The van der Waals surface area contributed by atoms with Crippen molar-refractivity contribution in [3.8, 4) is 0 Å². The molecular formula is C20H21FN2O2. The van der Waals surface area contributed by atoms with E-state index in [1.807, 2.05) is 18.2 Å². The Hall–Kier alpha value is -2.24. The Morgan fingerprint density at radius 2 is 1.96 bits per heavy atom. The zero-order valence-corrected chi connectivity index (χ0v) is 13.9. The lowest BCUT2D eigenvalue weighted by Crippen LogP contribution is -2.38. The van der Waals surface area contributed by atoms with E-state index in [-0.39, 0.29) is 18.5 Å². The third kappa shape index (κ3) is 3.72. The number of aliphatic hydroxyl groups is 1. The molecule has 5 heteroatoms. The molecule has 4 rings (SSSR count). The molecule has 1 fully saturated rings. The number of halogens is 1. The molecule has 25 heavy (non-hydrogen) atoms. The van der Waals surface area contributed by atoms with Crippen molar-refractivity contribution in [3.63, 3.8) is 0 Å². The van der Waals surface area contributed by atoms with E-state index in [1.54, 1.807) is 6.07 Å². The van der Waals surface area contributed by atoms with Gasteiger partial charge in [0.1, 0.15) is 11.3 Å². The number of nitrogens with zero attached hydrogens (tertiary/aromatic N) is 2. The van der Waals surface area contributed by atoms with Gasteiger partial charge in [-0.1, -0.05) is 30.3 Å². The van der Waals surface area contributed by atoms with Crippen molar-refractivity contribution >= 4 is 11.1 Å². The van der Waals surface area contributed by atoms with Crippen LogP contribution in [0.1, 0.15) is 24.3 Å². The SMILES string of the molecule is OCC(C1CC1)N(Cc1ccccc1)Cc1nc2cc(F)ccc2o1. The van der Waals surface area contributed by atoms with Crippen LogP contribution in [0.25, 0.3) is 11.1 Å². The third-order valence-electron chi connectivity index (χ3n) is 4.78. The van der Waals surface area contributed by atoms with E-state index in [9.17, 15) is 9.50 Å². The summed E-state index contributed by atoms with van der Waals surface area (Å²) >= 11 is 0. The van der Waals surface area contributed by atoms with E-state index in [2.05, 4.69) is 22.0 Å². The Labute approximate surface area is 145 Å². The van der Waals surface area contributed by atoms with Gasteiger partial charge in [0.25, 0.3) is 0 Å². The van der Waals surface area contributed by atoms with Crippen LogP contribution in [-0.4, -0.2) is 27.6 Å². The van der Waals surface area contributed by atoms with E-state index >= 15 is 0 Å². The van der Waals surface area contributed by atoms with Crippen LogP contribution >= 0.6 is 0 Å². The van der Waals surface area contributed by atoms with E-state index in [0.29, 0.717) is 29.5 Å². The average Bonchev–Trinajstić information content (AvgIpc) is 3.36. The van der Waals surface area contributed by atoms with Gasteiger partial charge in [0.2, 0.25) is 5.89 Å². The number of aromatic nitrogens is 1. The largest absolute Gasteiger partial charge is 0.439 e. The molecule has 2 aromatic carbocycles. The van der Waals surface area contributed by atoms with Crippen molar-refractivity contribution in [3.05, 3.63) is 65.8 Å². The van der Waals surface area contributed by atoms with E-state index in [1.165, 1.54) is 17.7 Å². The lowest BCUT2D eigenvalue weighted by molar-refractivity contribution is 0.0872. The highest BCUT2D eigenvalue weighted by molar-refractivity contribution is 5.72. The summed E-state index contributed by atoms with van der Waals surface area (Å²) in [6, 6.07) is 14.6. The van der Waals surface area contributed by atoms with Crippen molar-refractivity contribution in [2.75, 3.05) is 6.61 Å². The van der Waals surface area contributed by atoms with Crippen molar-refractivity contribution in [1.82, 2.24) is 9.88 Å². The Morgan fingerprint density at radius 1 is 1.16 bits per heavy atom. The molecule has 0 radical (unpaired) electrons. The van der Waals surface area contributed by atoms with Gasteiger partial charge in [0, 0.05) is 18.7 Å². The van der Waals surface area contributed by atoms with Crippen LogP contribution in [0.15, 0.2) is 52.9 Å². The van der Waals surface area contributed by atoms with Gasteiger partial charge in [0.05, 0.1) is 13.2 Å². The lowest BCUT2D eigenvalue weighted by Gasteiger charge is -2.29. The second-order valence-corrected chi connectivity index (χ2v) is 6.70. The summed E-state index contributed by atoms with van der Waals surface area (Å²) in [5.41, 5.74) is 2.30. The smallest absolute Gasteiger partial charge is 0.209 e. The van der Waals surface area contributed by atoms with Crippen LogP contribution in [0.4, 0.5) is 4.39 Å². The van der Waals surface area contributed by atoms with Crippen LogP contribution in [0.2, 0.25) is 0 Å². The molecule has 0 bridgehead atoms. The molecular weight excluding hydrogens is 319 g/mol. The molecule has 1 heterocycles. The number of fused-ring (bicyclic) bond motifs is 1. The highest BCUT2D eigenvalue weighted by Gasteiger charge is 2.35. The Balaban J connectivity index is 1.59. The molecule has 0 aliphatic heterocycles. The average molecular weight is 340 g/mol. The topological polar surface area (TPSA) is 49.5 Å². The number of hydrogen-bond donors (Lipinski definition) is 1. The summed E-state index contributed by atoms with van der Waals surface area (Å²) in [6.45, 7) is 1.33. The van der Waals surface area contributed by atoms with Crippen LogP contribution in [0.3, 0.4) is 0 Å². The standard InChI is InChI=1S/C20H21FN2O2/c21-16-8-9-19-17(10-16)22-20(25-19)12-23(18(13-24)15-6-7-15)11-14-4-2-1-3-5-14/h1-5,8-10,15,18,24H,6-7,11-13H2. The molecule has 1 aliphatic rings. The normalized spacial score (nSPS) is 15.8. The van der Waals surface area contributed by atoms with Crippen molar-refractivity contribution in [2.45, 2.75) is 32.0 Å². The number of rotatable bonds is 7. The highest BCUT2D eigenvalue weighted by atomic mass is 19.1. The first-order chi connectivity index (χ1) is 12.2. The Morgan fingerprint density at radius 3 is 2.68 bits per heavy atom. The van der Waals surface area contributed by atoms with Crippen LogP contribution in [-0.2, 0) is 13.1 Å².